The van der Waals surface area contributed by atoms with Gasteiger partial charge in [-0.05, 0) is 19.1 Å². The fourth-order valence-corrected chi connectivity index (χ4v) is 2.62. The van der Waals surface area contributed by atoms with E-state index in [2.05, 4.69) is 10.1 Å². The summed E-state index contributed by atoms with van der Waals surface area (Å²) in [7, 11) is 0. The number of hydrogen-bond acceptors (Lipinski definition) is 3. The van der Waals surface area contributed by atoms with Crippen LogP contribution >= 0.6 is 34.5 Å². The summed E-state index contributed by atoms with van der Waals surface area (Å²) in [5, 5.41) is 6.39. The third-order valence-corrected chi connectivity index (χ3v) is 3.94. The zero-order valence-electron chi connectivity index (χ0n) is 8.82. The molecule has 0 radical (unpaired) electrons. The van der Waals surface area contributed by atoms with Crippen molar-refractivity contribution in [2.24, 2.45) is 0 Å². The van der Waals surface area contributed by atoms with E-state index in [1.165, 1.54) is 0 Å². The van der Waals surface area contributed by atoms with Crippen LogP contribution in [0.15, 0.2) is 24.4 Å². The molecule has 0 amide bonds. The molecule has 3 aromatic rings. The first kappa shape index (κ1) is 11.0. The van der Waals surface area contributed by atoms with Crippen molar-refractivity contribution >= 4 is 39.5 Å². The highest BCUT2D eigenvalue weighted by Gasteiger charge is 2.09. The standard InChI is InChI=1S/C11H7Cl2N3S/c1-6-15-16-5-10(14-11(16)17-6)7-2-3-8(12)9(13)4-7/h2-5H,1H3. The number of benzene rings is 1. The fourth-order valence-electron chi connectivity index (χ4n) is 1.59. The average Bonchev–Trinajstić information content (AvgIpc) is 2.79. The fraction of sp³-hybridized carbons (Fsp3) is 0.0909. The Hall–Kier alpha value is -1.10. The van der Waals surface area contributed by atoms with Crippen LogP contribution in [-0.2, 0) is 0 Å². The van der Waals surface area contributed by atoms with E-state index in [0.29, 0.717) is 10.0 Å². The molecule has 0 fully saturated rings. The number of fused-ring (bicyclic) bond motifs is 1. The summed E-state index contributed by atoms with van der Waals surface area (Å²) in [6.07, 6.45) is 1.89. The van der Waals surface area contributed by atoms with Crippen LogP contribution in [0, 0.1) is 6.92 Å². The third kappa shape index (κ3) is 1.92. The SMILES string of the molecule is Cc1nn2cc(-c3ccc(Cl)c(Cl)c3)nc2s1. The Bertz CT molecular complexity index is 670. The number of rotatable bonds is 1. The lowest BCUT2D eigenvalue weighted by molar-refractivity contribution is 0.946. The van der Waals surface area contributed by atoms with Crippen molar-refractivity contribution in [1.29, 1.82) is 0 Å². The van der Waals surface area contributed by atoms with Gasteiger partial charge < -0.3 is 0 Å². The van der Waals surface area contributed by atoms with Gasteiger partial charge in [0.15, 0.2) is 0 Å². The van der Waals surface area contributed by atoms with Crippen LogP contribution in [-0.4, -0.2) is 14.6 Å². The molecule has 1 aromatic carbocycles. The normalized spacial score (nSPS) is 11.2. The van der Waals surface area contributed by atoms with E-state index < -0.39 is 0 Å². The summed E-state index contributed by atoms with van der Waals surface area (Å²) in [5.41, 5.74) is 1.79. The molecule has 0 aliphatic heterocycles. The smallest absolute Gasteiger partial charge is 0.212 e. The Morgan fingerprint density at radius 1 is 1.24 bits per heavy atom. The number of hydrogen-bond donors (Lipinski definition) is 0. The van der Waals surface area contributed by atoms with Gasteiger partial charge in [-0.2, -0.15) is 5.10 Å². The highest BCUT2D eigenvalue weighted by Crippen LogP contribution is 2.28. The minimum atomic E-state index is 0.532. The topological polar surface area (TPSA) is 30.2 Å². The molecular weight excluding hydrogens is 277 g/mol. The molecule has 0 unspecified atom stereocenters. The van der Waals surface area contributed by atoms with Crippen molar-refractivity contribution in [2.75, 3.05) is 0 Å². The van der Waals surface area contributed by atoms with Gasteiger partial charge in [0, 0.05) is 5.56 Å². The maximum Gasteiger partial charge on any atom is 0.212 e. The molecule has 3 rings (SSSR count). The zero-order valence-corrected chi connectivity index (χ0v) is 11.1. The number of nitrogens with zero attached hydrogens (tertiary/aromatic N) is 3. The Kier molecular flexibility index (Phi) is 2.58. The molecule has 0 atom stereocenters. The van der Waals surface area contributed by atoms with E-state index in [1.807, 2.05) is 25.3 Å². The van der Waals surface area contributed by atoms with Gasteiger partial charge in [0.25, 0.3) is 0 Å². The summed E-state index contributed by atoms with van der Waals surface area (Å²) in [6, 6.07) is 5.47. The molecule has 2 aromatic heterocycles. The highest BCUT2D eigenvalue weighted by molar-refractivity contribution is 7.16. The number of imidazole rings is 1. The van der Waals surface area contributed by atoms with Crippen LogP contribution in [0.2, 0.25) is 10.0 Å². The lowest BCUT2D eigenvalue weighted by Crippen LogP contribution is -1.80. The molecule has 0 aliphatic rings. The lowest BCUT2D eigenvalue weighted by atomic mass is 10.2. The molecule has 2 heterocycles. The first-order valence-electron chi connectivity index (χ1n) is 4.92. The van der Waals surface area contributed by atoms with E-state index >= 15 is 0 Å². The Balaban J connectivity index is 2.13. The average molecular weight is 284 g/mol. The monoisotopic (exact) mass is 283 g/mol. The number of aryl methyl sites for hydroxylation is 1. The van der Waals surface area contributed by atoms with Crippen molar-refractivity contribution < 1.29 is 0 Å². The molecule has 17 heavy (non-hydrogen) atoms. The van der Waals surface area contributed by atoms with E-state index in [9.17, 15) is 0 Å². The minimum absolute atomic E-state index is 0.532. The predicted molar refractivity (Wildman–Crippen MR) is 71.1 cm³/mol. The summed E-state index contributed by atoms with van der Waals surface area (Å²) >= 11 is 13.4. The summed E-state index contributed by atoms with van der Waals surface area (Å²) in [4.78, 5) is 5.37. The molecule has 0 spiro atoms. The second kappa shape index (κ2) is 3.98. The van der Waals surface area contributed by atoms with E-state index in [-0.39, 0.29) is 0 Å². The quantitative estimate of drug-likeness (QED) is 0.674. The van der Waals surface area contributed by atoms with Gasteiger partial charge in [-0.15, -0.1) is 0 Å². The van der Waals surface area contributed by atoms with Crippen LogP contribution in [0.1, 0.15) is 5.01 Å². The molecule has 0 aliphatic carbocycles. The largest absolute Gasteiger partial charge is 0.217 e. The second-order valence-corrected chi connectivity index (χ2v) is 5.58. The first-order chi connectivity index (χ1) is 8.13. The van der Waals surface area contributed by atoms with Crippen molar-refractivity contribution in [1.82, 2.24) is 14.6 Å². The second-order valence-electron chi connectivity index (χ2n) is 3.60. The van der Waals surface area contributed by atoms with Crippen molar-refractivity contribution in [3.05, 3.63) is 39.4 Å². The molecule has 0 N–H and O–H groups in total. The van der Waals surface area contributed by atoms with Crippen molar-refractivity contribution in [3.8, 4) is 11.3 Å². The molecule has 3 nitrogen and oxygen atoms in total. The summed E-state index contributed by atoms with van der Waals surface area (Å²) < 4.78 is 1.78. The molecule has 6 heteroatoms. The number of aromatic nitrogens is 3. The molecule has 86 valence electrons. The van der Waals surface area contributed by atoms with Gasteiger partial charge >= 0.3 is 0 Å². The third-order valence-electron chi connectivity index (χ3n) is 2.36. The molecule has 0 saturated heterocycles. The highest BCUT2D eigenvalue weighted by atomic mass is 35.5. The van der Waals surface area contributed by atoms with Crippen LogP contribution in [0.25, 0.3) is 16.2 Å². The van der Waals surface area contributed by atoms with E-state index in [1.54, 1.807) is 21.9 Å². The minimum Gasteiger partial charge on any atom is -0.217 e. The van der Waals surface area contributed by atoms with Crippen molar-refractivity contribution in [2.45, 2.75) is 6.92 Å². The Morgan fingerprint density at radius 2 is 2.06 bits per heavy atom. The van der Waals surface area contributed by atoms with Gasteiger partial charge in [0.05, 0.1) is 21.9 Å². The predicted octanol–water partition coefficient (Wildman–Crippen LogP) is 4.07. The van der Waals surface area contributed by atoms with Crippen LogP contribution in [0.3, 0.4) is 0 Å². The van der Waals surface area contributed by atoms with Gasteiger partial charge in [-0.25, -0.2) is 9.50 Å². The van der Waals surface area contributed by atoms with Crippen LogP contribution < -0.4 is 0 Å². The number of halogens is 2. The first-order valence-corrected chi connectivity index (χ1v) is 6.49. The molecule has 0 bridgehead atoms. The van der Waals surface area contributed by atoms with E-state index in [4.69, 9.17) is 23.2 Å². The van der Waals surface area contributed by atoms with Gasteiger partial charge in [-0.3, -0.25) is 0 Å². The van der Waals surface area contributed by atoms with Gasteiger partial charge in [0.2, 0.25) is 4.96 Å². The zero-order chi connectivity index (χ0) is 12.0. The summed E-state index contributed by atoms with van der Waals surface area (Å²) in [6.45, 7) is 1.96. The Labute approximate surface area is 112 Å². The van der Waals surface area contributed by atoms with Crippen LogP contribution in [0.5, 0.6) is 0 Å². The molecular formula is C11H7Cl2N3S. The van der Waals surface area contributed by atoms with Crippen molar-refractivity contribution in [3.63, 3.8) is 0 Å². The lowest BCUT2D eigenvalue weighted by Gasteiger charge is -1.98. The van der Waals surface area contributed by atoms with E-state index in [0.717, 1.165) is 21.2 Å². The molecule has 0 saturated carbocycles. The Morgan fingerprint density at radius 3 is 2.76 bits per heavy atom. The summed E-state index contributed by atoms with van der Waals surface area (Å²) in [5.74, 6) is 0. The van der Waals surface area contributed by atoms with Gasteiger partial charge in [-0.1, -0.05) is 40.6 Å². The van der Waals surface area contributed by atoms with Gasteiger partial charge in [0.1, 0.15) is 5.01 Å². The maximum atomic E-state index is 5.98. The maximum absolute atomic E-state index is 5.98. The van der Waals surface area contributed by atoms with Crippen LogP contribution in [0.4, 0.5) is 0 Å².